The Hall–Kier alpha value is -0.840. The minimum atomic E-state index is 0.564. The summed E-state index contributed by atoms with van der Waals surface area (Å²) in [6, 6.07) is 1.14. The fourth-order valence-electron chi connectivity index (χ4n) is 3.57. The molecule has 2 fully saturated rings. The summed E-state index contributed by atoms with van der Waals surface area (Å²) in [6.07, 6.45) is 6.40. The van der Waals surface area contributed by atoms with Crippen LogP contribution in [0.5, 0.6) is 0 Å². The standard InChI is InChI=1S/C13H22N4S/c1-9-7-10(2)16(8-9)12-14-15-13(18)17(12)11-5-3-4-6-11/h9-11H,3-8H2,1-2H3,(H,15,18). The Morgan fingerprint density at radius 2 is 2.00 bits per heavy atom. The third-order valence-corrected chi connectivity index (χ3v) is 4.70. The predicted molar refractivity (Wildman–Crippen MR) is 75.5 cm³/mol. The zero-order valence-electron chi connectivity index (χ0n) is 11.2. The lowest BCUT2D eigenvalue weighted by atomic mass is 10.1. The second kappa shape index (κ2) is 4.68. The summed E-state index contributed by atoms with van der Waals surface area (Å²) in [5.74, 6) is 1.83. The number of rotatable bonds is 2. The van der Waals surface area contributed by atoms with E-state index in [0.29, 0.717) is 12.1 Å². The molecule has 2 atom stereocenters. The smallest absolute Gasteiger partial charge is 0.226 e. The second-order valence-electron chi connectivity index (χ2n) is 5.98. The monoisotopic (exact) mass is 266 g/mol. The minimum absolute atomic E-state index is 0.564. The van der Waals surface area contributed by atoms with Crippen molar-refractivity contribution in [2.24, 2.45) is 5.92 Å². The van der Waals surface area contributed by atoms with E-state index in [2.05, 4.69) is 33.5 Å². The van der Waals surface area contributed by atoms with E-state index in [4.69, 9.17) is 12.2 Å². The molecule has 1 saturated carbocycles. The molecule has 0 bridgehead atoms. The van der Waals surface area contributed by atoms with Gasteiger partial charge in [-0.1, -0.05) is 19.8 Å². The summed E-state index contributed by atoms with van der Waals surface area (Å²) >= 11 is 5.43. The molecule has 4 nitrogen and oxygen atoms in total. The predicted octanol–water partition coefficient (Wildman–Crippen LogP) is 3.29. The van der Waals surface area contributed by atoms with Crippen molar-refractivity contribution in [3.63, 3.8) is 0 Å². The van der Waals surface area contributed by atoms with E-state index >= 15 is 0 Å². The third kappa shape index (κ3) is 1.98. The van der Waals surface area contributed by atoms with E-state index in [0.717, 1.165) is 23.2 Å². The molecule has 0 aromatic carbocycles. The zero-order valence-corrected chi connectivity index (χ0v) is 12.0. The minimum Gasteiger partial charge on any atom is -0.338 e. The molecule has 1 aliphatic carbocycles. The first kappa shape index (κ1) is 12.2. The summed E-state index contributed by atoms with van der Waals surface area (Å²) in [5, 5.41) is 7.50. The fourth-order valence-corrected chi connectivity index (χ4v) is 3.85. The molecular weight excluding hydrogens is 244 g/mol. The molecule has 1 saturated heterocycles. The van der Waals surface area contributed by atoms with Gasteiger partial charge in [-0.15, -0.1) is 5.10 Å². The Bertz CT molecular complexity index is 472. The Morgan fingerprint density at radius 1 is 1.28 bits per heavy atom. The summed E-state index contributed by atoms with van der Waals surface area (Å²) in [5.41, 5.74) is 0. The zero-order chi connectivity index (χ0) is 12.7. The lowest BCUT2D eigenvalue weighted by Gasteiger charge is -2.25. The first-order valence-corrected chi connectivity index (χ1v) is 7.51. The van der Waals surface area contributed by atoms with Gasteiger partial charge in [0.25, 0.3) is 0 Å². The second-order valence-corrected chi connectivity index (χ2v) is 6.37. The maximum absolute atomic E-state index is 5.43. The molecule has 1 aromatic heterocycles. The van der Waals surface area contributed by atoms with Crippen LogP contribution in [0.1, 0.15) is 52.0 Å². The van der Waals surface area contributed by atoms with Crippen LogP contribution < -0.4 is 4.90 Å². The van der Waals surface area contributed by atoms with Gasteiger partial charge in [0.15, 0.2) is 4.77 Å². The number of nitrogens with zero attached hydrogens (tertiary/aromatic N) is 3. The van der Waals surface area contributed by atoms with Crippen molar-refractivity contribution < 1.29 is 0 Å². The molecule has 5 heteroatoms. The van der Waals surface area contributed by atoms with Crippen LogP contribution in [-0.4, -0.2) is 27.4 Å². The summed E-state index contributed by atoms with van der Waals surface area (Å²) in [6.45, 7) is 5.71. The van der Waals surface area contributed by atoms with Crippen LogP contribution in [0, 0.1) is 10.7 Å². The first-order valence-electron chi connectivity index (χ1n) is 7.10. The largest absolute Gasteiger partial charge is 0.338 e. The van der Waals surface area contributed by atoms with Crippen LogP contribution >= 0.6 is 12.2 Å². The average Bonchev–Trinajstić information content (AvgIpc) is 2.99. The van der Waals surface area contributed by atoms with E-state index in [1.165, 1.54) is 32.1 Å². The molecule has 0 radical (unpaired) electrons. The van der Waals surface area contributed by atoms with Gasteiger partial charge >= 0.3 is 0 Å². The van der Waals surface area contributed by atoms with E-state index in [1.807, 2.05) is 0 Å². The van der Waals surface area contributed by atoms with Crippen LogP contribution in [0.4, 0.5) is 5.95 Å². The van der Waals surface area contributed by atoms with Crippen molar-refractivity contribution in [2.45, 2.75) is 58.0 Å². The number of nitrogens with one attached hydrogen (secondary N) is 1. The van der Waals surface area contributed by atoms with E-state index < -0.39 is 0 Å². The number of hydrogen-bond donors (Lipinski definition) is 1. The van der Waals surface area contributed by atoms with E-state index in [9.17, 15) is 0 Å². The topological polar surface area (TPSA) is 36.9 Å². The maximum Gasteiger partial charge on any atom is 0.226 e. The molecule has 18 heavy (non-hydrogen) atoms. The molecule has 3 rings (SSSR count). The van der Waals surface area contributed by atoms with Gasteiger partial charge in [0, 0.05) is 18.6 Å². The van der Waals surface area contributed by atoms with Crippen molar-refractivity contribution in [2.75, 3.05) is 11.4 Å². The lowest BCUT2D eigenvalue weighted by Crippen LogP contribution is -2.30. The normalized spacial score (nSPS) is 29.3. The highest BCUT2D eigenvalue weighted by Crippen LogP contribution is 2.35. The molecule has 1 N–H and O–H groups in total. The van der Waals surface area contributed by atoms with Gasteiger partial charge in [-0.2, -0.15) is 0 Å². The Balaban J connectivity index is 1.95. The molecule has 1 aliphatic heterocycles. The average molecular weight is 266 g/mol. The fraction of sp³-hybridized carbons (Fsp3) is 0.846. The van der Waals surface area contributed by atoms with Crippen molar-refractivity contribution in [3.05, 3.63) is 4.77 Å². The van der Waals surface area contributed by atoms with Crippen molar-refractivity contribution in [1.82, 2.24) is 14.8 Å². The highest BCUT2D eigenvalue weighted by molar-refractivity contribution is 7.71. The molecule has 1 aromatic rings. The molecule has 100 valence electrons. The number of anilines is 1. The highest BCUT2D eigenvalue weighted by Gasteiger charge is 2.31. The molecule has 2 heterocycles. The van der Waals surface area contributed by atoms with Gasteiger partial charge < -0.3 is 4.90 Å². The molecule has 2 aliphatic rings. The van der Waals surface area contributed by atoms with Crippen LogP contribution in [0.15, 0.2) is 0 Å². The molecule has 0 amide bonds. The number of aromatic amines is 1. The SMILES string of the molecule is CC1CC(C)N(c2n[nH]c(=S)n2C2CCCC2)C1. The van der Waals surface area contributed by atoms with Crippen LogP contribution in [0.25, 0.3) is 0 Å². The van der Waals surface area contributed by atoms with E-state index in [-0.39, 0.29) is 0 Å². The van der Waals surface area contributed by atoms with Crippen molar-refractivity contribution in [1.29, 1.82) is 0 Å². The summed E-state index contributed by atoms with van der Waals surface area (Å²) in [7, 11) is 0. The number of aromatic nitrogens is 3. The van der Waals surface area contributed by atoms with Crippen LogP contribution in [-0.2, 0) is 0 Å². The molecule has 2 unspecified atom stereocenters. The van der Waals surface area contributed by atoms with Gasteiger partial charge in [-0.05, 0) is 44.3 Å². The van der Waals surface area contributed by atoms with E-state index in [1.54, 1.807) is 0 Å². The first-order chi connectivity index (χ1) is 8.66. The summed E-state index contributed by atoms with van der Waals surface area (Å²) in [4.78, 5) is 2.43. The Labute approximate surface area is 113 Å². The van der Waals surface area contributed by atoms with Gasteiger partial charge in [0.1, 0.15) is 0 Å². The van der Waals surface area contributed by atoms with Gasteiger partial charge in [-0.3, -0.25) is 4.57 Å². The Morgan fingerprint density at radius 3 is 2.61 bits per heavy atom. The molecule has 0 spiro atoms. The maximum atomic E-state index is 5.43. The lowest BCUT2D eigenvalue weighted by molar-refractivity contribution is 0.504. The van der Waals surface area contributed by atoms with Crippen molar-refractivity contribution >= 4 is 18.2 Å². The highest BCUT2D eigenvalue weighted by atomic mass is 32.1. The van der Waals surface area contributed by atoms with Gasteiger partial charge in [0.05, 0.1) is 0 Å². The van der Waals surface area contributed by atoms with Crippen molar-refractivity contribution in [3.8, 4) is 0 Å². The van der Waals surface area contributed by atoms with Crippen LogP contribution in [0.2, 0.25) is 0 Å². The number of hydrogen-bond acceptors (Lipinski definition) is 3. The Kier molecular flexibility index (Phi) is 3.18. The van der Waals surface area contributed by atoms with Gasteiger partial charge in [-0.25, -0.2) is 5.10 Å². The van der Waals surface area contributed by atoms with Gasteiger partial charge in [0.2, 0.25) is 5.95 Å². The van der Waals surface area contributed by atoms with Crippen LogP contribution in [0.3, 0.4) is 0 Å². The summed E-state index contributed by atoms with van der Waals surface area (Å²) < 4.78 is 3.07. The third-order valence-electron chi connectivity index (χ3n) is 4.42. The molecular formula is C13H22N4S. The quantitative estimate of drug-likeness (QED) is 0.835. The number of H-pyrrole nitrogens is 1.